The predicted octanol–water partition coefficient (Wildman–Crippen LogP) is 3.93. The molecule has 0 unspecified atom stereocenters. The molecule has 2 aliphatic heterocycles. The van der Waals surface area contributed by atoms with Gasteiger partial charge in [-0.2, -0.15) is 13.2 Å². The van der Waals surface area contributed by atoms with Crippen LogP contribution < -0.4 is 10.2 Å². The number of amides is 2. The summed E-state index contributed by atoms with van der Waals surface area (Å²) >= 11 is 6.54. The Morgan fingerprint density at radius 2 is 1.95 bits per heavy atom. The van der Waals surface area contributed by atoms with E-state index in [0.29, 0.717) is 48.7 Å². The summed E-state index contributed by atoms with van der Waals surface area (Å²) in [6, 6.07) is 8.37. The van der Waals surface area contributed by atoms with Crippen molar-refractivity contribution < 1.29 is 22.8 Å². The van der Waals surface area contributed by atoms with Crippen molar-refractivity contribution in [2.24, 2.45) is 0 Å². The van der Waals surface area contributed by atoms with Crippen LogP contribution in [-0.2, 0) is 35.3 Å². The highest BCUT2D eigenvalue weighted by atomic mass is 35.5. The fourth-order valence-electron chi connectivity index (χ4n) is 4.98. The number of anilines is 2. The van der Waals surface area contributed by atoms with E-state index >= 15 is 0 Å². The molecule has 0 spiro atoms. The van der Waals surface area contributed by atoms with Gasteiger partial charge in [0.1, 0.15) is 18.9 Å². The van der Waals surface area contributed by atoms with Crippen LogP contribution in [0.25, 0.3) is 0 Å². The fourth-order valence-corrected chi connectivity index (χ4v) is 5.22. The van der Waals surface area contributed by atoms with E-state index in [9.17, 15) is 22.8 Å². The molecule has 1 fully saturated rings. The molecular weight excluding hydrogens is 523 g/mol. The maximum atomic E-state index is 13.1. The zero-order valence-electron chi connectivity index (χ0n) is 20.3. The molecule has 3 aromatic rings. The van der Waals surface area contributed by atoms with E-state index in [1.165, 1.54) is 23.1 Å². The van der Waals surface area contributed by atoms with E-state index < -0.39 is 17.8 Å². The van der Waals surface area contributed by atoms with E-state index in [1.807, 2.05) is 4.90 Å². The van der Waals surface area contributed by atoms with Gasteiger partial charge in [-0.15, -0.1) is 5.10 Å². The molecule has 2 aromatic carbocycles. The van der Waals surface area contributed by atoms with Crippen molar-refractivity contribution in [3.8, 4) is 0 Å². The number of hydrogen-bond acceptors (Lipinski definition) is 6. The number of piperidine rings is 1. The van der Waals surface area contributed by atoms with Crippen LogP contribution in [0, 0.1) is 0 Å². The van der Waals surface area contributed by atoms with Gasteiger partial charge in [-0.25, -0.2) is 4.68 Å². The summed E-state index contributed by atoms with van der Waals surface area (Å²) in [7, 11) is 0. The van der Waals surface area contributed by atoms with Crippen LogP contribution >= 0.6 is 11.6 Å². The number of halogens is 4. The average molecular weight is 548 g/mol. The third-order valence-electron chi connectivity index (χ3n) is 6.89. The molecule has 2 amide bonds. The fraction of sp³-hybridized carbons (Fsp3) is 0.400. The van der Waals surface area contributed by atoms with Crippen LogP contribution in [0.15, 0.2) is 42.7 Å². The van der Waals surface area contributed by atoms with Crippen molar-refractivity contribution in [1.82, 2.24) is 25.1 Å². The highest BCUT2D eigenvalue weighted by molar-refractivity contribution is 6.31. The number of nitrogens with zero attached hydrogens (tertiary/aromatic N) is 6. The van der Waals surface area contributed by atoms with Crippen molar-refractivity contribution in [1.29, 1.82) is 0 Å². The molecule has 5 rings (SSSR count). The normalized spacial score (nSPS) is 17.4. The van der Waals surface area contributed by atoms with Gasteiger partial charge in [0.05, 0.1) is 5.56 Å². The number of likely N-dealkylation sites (tertiary alicyclic amines) is 1. The Labute approximate surface area is 221 Å². The molecule has 0 bridgehead atoms. The van der Waals surface area contributed by atoms with Gasteiger partial charge in [0.25, 0.3) is 0 Å². The Bertz CT molecular complexity index is 1330. The zero-order chi connectivity index (χ0) is 26.9. The summed E-state index contributed by atoms with van der Waals surface area (Å²) in [5, 5.41) is 14.1. The molecule has 1 atom stereocenters. The molecule has 3 heterocycles. The minimum atomic E-state index is -4.37. The summed E-state index contributed by atoms with van der Waals surface area (Å²) in [4.78, 5) is 29.5. The Morgan fingerprint density at radius 3 is 2.68 bits per heavy atom. The number of carbonyl (C=O) groups excluding carboxylic acids is 2. The van der Waals surface area contributed by atoms with E-state index in [4.69, 9.17) is 11.6 Å². The van der Waals surface area contributed by atoms with E-state index in [2.05, 4.69) is 20.8 Å². The molecule has 38 heavy (non-hydrogen) atoms. The van der Waals surface area contributed by atoms with Crippen LogP contribution in [0.3, 0.4) is 0 Å². The second-order valence-electron chi connectivity index (χ2n) is 9.41. The Hall–Kier alpha value is -3.67. The van der Waals surface area contributed by atoms with Crippen LogP contribution in [0.4, 0.5) is 24.5 Å². The van der Waals surface area contributed by atoms with Gasteiger partial charge in [-0.05, 0) is 77.6 Å². The Morgan fingerprint density at radius 1 is 1.11 bits per heavy atom. The number of tetrazole rings is 1. The topological polar surface area (TPSA) is 96.2 Å². The molecule has 0 saturated carbocycles. The van der Waals surface area contributed by atoms with Crippen molar-refractivity contribution in [3.05, 3.63) is 64.4 Å². The molecule has 200 valence electrons. The lowest BCUT2D eigenvalue weighted by Gasteiger charge is -2.34. The summed E-state index contributed by atoms with van der Waals surface area (Å²) in [6.45, 7) is 1.43. The molecule has 2 aliphatic rings. The monoisotopic (exact) mass is 547 g/mol. The third kappa shape index (κ3) is 5.59. The molecule has 0 radical (unpaired) electrons. The second-order valence-corrected chi connectivity index (χ2v) is 9.82. The van der Waals surface area contributed by atoms with Gasteiger partial charge in [-0.3, -0.25) is 9.59 Å². The first kappa shape index (κ1) is 26.0. The lowest BCUT2D eigenvalue weighted by atomic mass is 10.0. The van der Waals surface area contributed by atoms with Gasteiger partial charge in [0, 0.05) is 36.0 Å². The van der Waals surface area contributed by atoms with Crippen LogP contribution in [0.1, 0.15) is 36.0 Å². The highest BCUT2D eigenvalue weighted by Crippen LogP contribution is 2.37. The van der Waals surface area contributed by atoms with Gasteiger partial charge in [0.2, 0.25) is 11.8 Å². The van der Waals surface area contributed by atoms with Crippen molar-refractivity contribution in [2.45, 2.75) is 51.0 Å². The molecule has 1 N–H and O–H groups in total. The smallest absolute Gasteiger partial charge is 0.367 e. The van der Waals surface area contributed by atoms with E-state index in [1.54, 1.807) is 23.1 Å². The standard InChI is InChI=1S/C25H25ClF3N7O2/c26-20-12-19(31-24(38)22-3-1-2-9-36(22)23(37)14-35-15-30-32-33-35)6-4-17(20)13-34-10-8-16-11-18(25(27,28)29)5-7-21(16)34/h4-7,11-12,15,22H,1-3,8-10,13-14H2,(H,31,38)/t22-/m1/s1. The maximum Gasteiger partial charge on any atom is 0.416 e. The van der Waals surface area contributed by atoms with Gasteiger partial charge >= 0.3 is 6.18 Å². The Balaban J connectivity index is 1.24. The number of nitrogens with one attached hydrogen (secondary N) is 1. The van der Waals surface area contributed by atoms with Gasteiger partial charge < -0.3 is 15.1 Å². The molecule has 1 saturated heterocycles. The number of alkyl halides is 3. The van der Waals surface area contributed by atoms with E-state index in [0.717, 1.165) is 30.2 Å². The van der Waals surface area contributed by atoms with Crippen molar-refractivity contribution in [3.63, 3.8) is 0 Å². The van der Waals surface area contributed by atoms with Crippen LogP contribution in [-0.4, -0.2) is 56.1 Å². The van der Waals surface area contributed by atoms with Crippen molar-refractivity contribution >= 4 is 34.8 Å². The third-order valence-corrected chi connectivity index (χ3v) is 7.25. The molecule has 0 aliphatic carbocycles. The van der Waals surface area contributed by atoms with E-state index in [-0.39, 0.29) is 18.4 Å². The minimum Gasteiger partial charge on any atom is -0.367 e. The second kappa shape index (κ2) is 10.6. The predicted molar refractivity (Wildman–Crippen MR) is 133 cm³/mol. The number of fused-ring (bicyclic) bond motifs is 1. The Kier molecular flexibility index (Phi) is 7.24. The highest BCUT2D eigenvalue weighted by Gasteiger charge is 2.33. The number of rotatable bonds is 6. The summed E-state index contributed by atoms with van der Waals surface area (Å²) in [5.74, 6) is -0.536. The zero-order valence-corrected chi connectivity index (χ0v) is 21.0. The number of aromatic nitrogens is 4. The molecular formula is C25H25ClF3N7O2. The number of carbonyl (C=O) groups is 2. The minimum absolute atomic E-state index is 0.0472. The van der Waals surface area contributed by atoms with Crippen molar-refractivity contribution in [2.75, 3.05) is 23.3 Å². The summed E-state index contributed by atoms with van der Waals surface area (Å²) < 4.78 is 40.5. The SMILES string of the molecule is O=C(Nc1ccc(CN2CCc3cc(C(F)(F)F)ccc32)c(Cl)c1)[C@H]1CCCCN1C(=O)Cn1cnnn1. The number of benzene rings is 2. The molecule has 13 heteroatoms. The molecule has 9 nitrogen and oxygen atoms in total. The largest absolute Gasteiger partial charge is 0.416 e. The molecule has 1 aromatic heterocycles. The maximum absolute atomic E-state index is 13.1. The average Bonchev–Trinajstić information content (AvgIpc) is 3.54. The number of hydrogen-bond donors (Lipinski definition) is 1. The van der Waals surface area contributed by atoms with Gasteiger partial charge in [-0.1, -0.05) is 17.7 Å². The first-order valence-electron chi connectivity index (χ1n) is 12.2. The quantitative estimate of drug-likeness (QED) is 0.502. The first-order chi connectivity index (χ1) is 18.2. The van der Waals surface area contributed by atoms with Crippen LogP contribution in [0.5, 0.6) is 0 Å². The summed E-state index contributed by atoms with van der Waals surface area (Å²) in [5.41, 5.74) is 2.05. The lowest BCUT2D eigenvalue weighted by Crippen LogP contribution is -2.51. The summed E-state index contributed by atoms with van der Waals surface area (Å²) in [6.07, 6.45) is -0.320. The first-order valence-corrected chi connectivity index (χ1v) is 12.6. The van der Waals surface area contributed by atoms with Crippen LogP contribution in [0.2, 0.25) is 5.02 Å². The lowest BCUT2D eigenvalue weighted by molar-refractivity contribution is -0.141. The van der Waals surface area contributed by atoms with Gasteiger partial charge in [0.15, 0.2) is 0 Å².